The van der Waals surface area contributed by atoms with Gasteiger partial charge in [0.1, 0.15) is 23.4 Å². The van der Waals surface area contributed by atoms with Crippen molar-refractivity contribution in [2.45, 2.75) is 72.6 Å². The number of carbonyl (C=O) groups is 3. The minimum Gasteiger partial charge on any atom is -0.497 e. The lowest BCUT2D eigenvalue weighted by Gasteiger charge is -2.32. The van der Waals surface area contributed by atoms with Gasteiger partial charge in [-0.1, -0.05) is 56.0 Å². The van der Waals surface area contributed by atoms with Gasteiger partial charge in [0.05, 0.1) is 7.11 Å². The van der Waals surface area contributed by atoms with Gasteiger partial charge in [-0.05, 0) is 70.4 Å². The highest BCUT2D eigenvalue weighted by molar-refractivity contribution is 5.99. The first-order valence-electron chi connectivity index (χ1n) is 12.6. The maximum absolute atomic E-state index is 13.9. The monoisotopic (exact) mass is 521 g/mol. The minimum absolute atomic E-state index is 0.282. The van der Waals surface area contributed by atoms with Crippen LogP contribution in [0.1, 0.15) is 63.8 Å². The fourth-order valence-electron chi connectivity index (χ4n) is 4.00. The van der Waals surface area contributed by atoms with Crippen molar-refractivity contribution in [3.63, 3.8) is 0 Å². The van der Waals surface area contributed by atoms with Crippen LogP contribution in [0.3, 0.4) is 0 Å². The van der Waals surface area contributed by atoms with E-state index in [0.717, 1.165) is 16.0 Å². The smallest absolute Gasteiger partial charge is 0.408 e. The van der Waals surface area contributed by atoms with E-state index in [1.807, 2.05) is 45.9 Å². The standard InChI is InChI=1S/C30H39N3O5/c1-10-21(5)25(32-29(36)38-30(6,7)8)28(35)33(11-2)26(22-17-19(3)16-20(4)18-22)27(34)31-23-12-14-24(37-9)15-13-23/h2,12-18,21,25-26H,10H2,1,3-9H3,(H,31,34)(H,32,36). The van der Waals surface area contributed by atoms with Gasteiger partial charge in [-0.2, -0.15) is 0 Å². The van der Waals surface area contributed by atoms with Gasteiger partial charge in [-0.25, -0.2) is 4.79 Å². The molecule has 2 N–H and O–H groups in total. The molecule has 2 aromatic rings. The Labute approximate surface area is 226 Å². The predicted molar refractivity (Wildman–Crippen MR) is 149 cm³/mol. The SMILES string of the molecule is C#CN(C(=O)C(NC(=O)OC(C)(C)C)C(C)CC)C(C(=O)Nc1ccc(OC)cc1)c1cc(C)cc(C)c1. The molecule has 0 bridgehead atoms. The second-order valence-electron chi connectivity index (χ2n) is 10.4. The number of hydrogen-bond acceptors (Lipinski definition) is 5. The molecule has 2 rings (SSSR count). The molecule has 3 atom stereocenters. The molecular weight excluding hydrogens is 482 g/mol. The molecule has 0 aliphatic carbocycles. The first-order valence-corrected chi connectivity index (χ1v) is 12.6. The molecule has 3 amide bonds. The van der Waals surface area contributed by atoms with Gasteiger partial charge in [0.25, 0.3) is 11.8 Å². The number of alkyl carbamates (subject to hydrolysis) is 1. The summed E-state index contributed by atoms with van der Waals surface area (Å²) in [6.07, 6.45) is 5.73. The van der Waals surface area contributed by atoms with Crippen LogP contribution in [-0.2, 0) is 14.3 Å². The normalized spacial score (nSPS) is 13.3. The lowest BCUT2D eigenvalue weighted by Crippen LogP contribution is -2.53. The Morgan fingerprint density at radius 1 is 1.05 bits per heavy atom. The average Bonchev–Trinajstić information content (AvgIpc) is 2.83. The van der Waals surface area contributed by atoms with E-state index in [0.29, 0.717) is 23.4 Å². The molecule has 2 aromatic carbocycles. The van der Waals surface area contributed by atoms with Crippen LogP contribution in [0.25, 0.3) is 0 Å². The zero-order valence-corrected chi connectivity index (χ0v) is 23.5. The van der Waals surface area contributed by atoms with Crippen LogP contribution < -0.4 is 15.4 Å². The molecule has 0 heterocycles. The molecule has 0 aliphatic heterocycles. The molecular formula is C30H39N3O5. The number of terminal acetylenes is 1. The second-order valence-corrected chi connectivity index (χ2v) is 10.4. The third-order valence-electron chi connectivity index (χ3n) is 5.95. The van der Waals surface area contributed by atoms with Crippen LogP contribution in [-0.4, -0.2) is 41.6 Å². The number of anilines is 1. The van der Waals surface area contributed by atoms with Gasteiger partial charge in [-0.15, -0.1) is 0 Å². The van der Waals surface area contributed by atoms with Crippen molar-refractivity contribution in [3.05, 3.63) is 59.2 Å². The number of methoxy groups -OCH3 is 1. The van der Waals surface area contributed by atoms with E-state index in [2.05, 4.69) is 16.7 Å². The van der Waals surface area contributed by atoms with Crippen molar-refractivity contribution in [3.8, 4) is 18.2 Å². The van der Waals surface area contributed by atoms with Crippen LogP contribution in [0.15, 0.2) is 42.5 Å². The average molecular weight is 522 g/mol. The van der Waals surface area contributed by atoms with Crippen LogP contribution in [0.4, 0.5) is 10.5 Å². The molecule has 0 fully saturated rings. The summed E-state index contributed by atoms with van der Waals surface area (Å²) >= 11 is 0. The van der Waals surface area contributed by atoms with Gasteiger partial charge in [-0.3, -0.25) is 14.5 Å². The van der Waals surface area contributed by atoms with Crippen molar-refractivity contribution in [1.82, 2.24) is 10.2 Å². The molecule has 8 nitrogen and oxygen atoms in total. The van der Waals surface area contributed by atoms with Crippen molar-refractivity contribution >= 4 is 23.6 Å². The van der Waals surface area contributed by atoms with Gasteiger partial charge < -0.3 is 20.1 Å². The number of nitrogens with one attached hydrogen (secondary N) is 2. The summed E-state index contributed by atoms with van der Waals surface area (Å²) in [4.78, 5) is 41.3. The van der Waals surface area contributed by atoms with E-state index in [-0.39, 0.29) is 5.92 Å². The Morgan fingerprint density at radius 3 is 2.11 bits per heavy atom. The molecule has 0 saturated carbocycles. The molecule has 0 saturated heterocycles. The molecule has 0 aliphatic rings. The molecule has 0 radical (unpaired) electrons. The zero-order valence-electron chi connectivity index (χ0n) is 23.5. The lowest BCUT2D eigenvalue weighted by atomic mass is 9.95. The van der Waals surface area contributed by atoms with Crippen molar-refractivity contribution in [2.24, 2.45) is 5.92 Å². The van der Waals surface area contributed by atoms with Gasteiger partial charge in [0.15, 0.2) is 0 Å². The molecule has 3 unspecified atom stereocenters. The van der Waals surface area contributed by atoms with E-state index < -0.39 is 35.6 Å². The third-order valence-corrected chi connectivity index (χ3v) is 5.95. The Morgan fingerprint density at radius 2 is 1.63 bits per heavy atom. The number of benzene rings is 2. The molecule has 0 aromatic heterocycles. The largest absolute Gasteiger partial charge is 0.497 e. The van der Waals surface area contributed by atoms with E-state index in [1.54, 1.807) is 52.1 Å². The summed E-state index contributed by atoms with van der Waals surface area (Å²) < 4.78 is 10.6. The van der Waals surface area contributed by atoms with Gasteiger partial charge in [0.2, 0.25) is 0 Å². The Kier molecular flexibility index (Phi) is 10.3. The maximum atomic E-state index is 13.9. The van der Waals surface area contributed by atoms with Crippen LogP contribution in [0, 0.1) is 32.2 Å². The summed E-state index contributed by atoms with van der Waals surface area (Å²) in [5.74, 6) is -0.720. The fourth-order valence-corrected chi connectivity index (χ4v) is 4.00. The zero-order chi connectivity index (χ0) is 28.6. The van der Waals surface area contributed by atoms with Gasteiger partial charge >= 0.3 is 6.09 Å². The quantitative estimate of drug-likeness (QED) is 0.343. The fraction of sp³-hybridized carbons (Fsp3) is 0.433. The van der Waals surface area contributed by atoms with Crippen molar-refractivity contribution in [1.29, 1.82) is 0 Å². The van der Waals surface area contributed by atoms with Crippen LogP contribution >= 0.6 is 0 Å². The number of carbonyl (C=O) groups excluding carboxylic acids is 3. The first-order chi connectivity index (χ1) is 17.8. The van der Waals surface area contributed by atoms with Crippen LogP contribution in [0.5, 0.6) is 5.75 Å². The Hall–Kier alpha value is -3.99. The minimum atomic E-state index is -1.15. The number of hydrogen-bond donors (Lipinski definition) is 2. The van der Waals surface area contributed by atoms with Crippen molar-refractivity contribution in [2.75, 3.05) is 12.4 Å². The van der Waals surface area contributed by atoms with Crippen molar-refractivity contribution < 1.29 is 23.9 Å². The lowest BCUT2D eigenvalue weighted by molar-refractivity contribution is -0.137. The van der Waals surface area contributed by atoms with Gasteiger partial charge in [0, 0.05) is 11.7 Å². The number of nitrogens with zero attached hydrogens (tertiary/aromatic N) is 1. The highest BCUT2D eigenvalue weighted by atomic mass is 16.6. The number of aryl methyl sites for hydroxylation is 2. The topological polar surface area (TPSA) is 97.0 Å². The Balaban J connectivity index is 2.51. The van der Waals surface area contributed by atoms with Crippen LogP contribution in [0.2, 0.25) is 0 Å². The molecule has 204 valence electrons. The maximum Gasteiger partial charge on any atom is 0.408 e. The highest BCUT2D eigenvalue weighted by Gasteiger charge is 2.38. The summed E-state index contributed by atoms with van der Waals surface area (Å²) in [5, 5.41) is 5.53. The Bertz CT molecular complexity index is 1160. The molecule has 38 heavy (non-hydrogen) atoms. The molecule has 8 heteroatoms. The summed E-state index contributed by atoms with van der Waals surface area (Å²) in [5.41, 5.74) is 2.15. The number of ether oxygens (including phenoxy) is 2. The van der Waals surface area contributed by atoms with E-state index in [1.165, 1.54) is 0 Å². The van der Waals surface area contributed by atoms with E-state index in [9.17, 15) is 14.4 Å². The summed E-state index contributed by atoms with van der Waals surface area (Å²) in [7, 11) is 1.55. The van der Waals surface area contributed by atoms with E-state index in [4.69, 9.17) is 15.9 Å². The third kappa shape index (κ3) is 8.27. The molecule has 0 spiro atoms. The predicted octanol–water partition coefficient (Wildman–Crippen LogP) is 5.35. The first kappa shape index (κ1) is 30.2. The second kappa shape index (κ2) is 13.0. The summed E-state index contributed by atoms with van der Waals surface area (Å²) in [6, 6.07) is 12.7. The van der Waals surface area contributed by atoms with E-state index >= 15 is 0 Å². The highest BCUT2D eigenvalue weighted by Crippen LogP contribution is 2.27. The summed E-state index contributed by atoms with van der Waals surface area (Å²) in [6.45, 7) is 12.8. The number of rotatable bonds is 9. The number of amides is 3.